The average molecular weight is 286 g/mol. The maximum Gasteiger partial charge on any atom is 0.239 e. The Morgan fingerprint density at radius 3 is 2.20 bits per heavy atom. The predicted octanol–water partition coefficient (Wildman–Crippen LogP) is 2.52. The first kappa shape index (κ1) is 14.1. The summed E-state index contributed by atoms with van der Waals surface area (Å²) in [7, 11) is -1.92. The molecule has 0 saturated carbocycles. The van der Waals surface area contributed by atoms with Crippen molar-refractivity contribution >= 4 is 15.7 Å². The SMILES string of the molecule is CN(c1ccc(C#N)cc1)S(=O)(=O)Cc1ccccc1. The van der Waals surface area contributed by atoms with Crippen molar-refractivity contribution in [2.24, 2.45) is 0 Å². The van der Waals surface area contributed by atoms with Gasteiger partial charge in [0, 0.05) is 7.05 Å². The third-order valence-corrected chi connectivity index (χ3v) is 4.71. The lowest BCUT2D eigenvalue weighted by atomic mass is 10.2. The van der Waals surface area contributed by atoms with Crippen molar-refractivity contribution in [3.63, 3.8) is 0 Å². The minimum absolute atomic E-state index is 0.0512. The highest BCUT2D eigenvalue weighted by Crippen LogP contribution is 2.19. The van der Waals surface area contributed by atoms with Crippen LogP contribution in [0.2, 0.25) is 0 Å². The van der Waals surface area contributed by atoms with Crippen molar-refractivity contribution in [2.75, 3.05) is 11.4 Å². The standard InChI is InChI=1S/C15H14N2O2S/c1-17(15-9-7-13(11-16)8-10-15)20(18,19)12-14-5-3-2-4-6-14/h2-10H,12H2,1H3. The predicted molar refractivity (Wildman–Crippen MR) is 78.6 cm³/mol. The first-order valence-corrected chi connectivity index (χ1v) is 7.64. The number of anilines is 1. The summed E-state index contributed by atoms with van der Waals surface area (Å²) >= 11 is 0. The minimum Gasteiger partial charge on any atom is -0.273 e. The summed E-state index contributed by atoms with van der Waals surface area (Å²) in [4.78, 5) is 0. The van der Waals surface area contributed by atoms with E-state index >= 15 is 0 Å². The Balaban J connectivity index is 2.22. The molecular weight excluding hydrogens is 272 g/mol. The zero-order valence-corrected chi connectivity index (χ0v) is 11.8. The topological polar surface area (TPSA) is 61.2 Å². The van der Waals surface area contributed by atoms with Crippen LogP contribution in [0.25, 0.3) is 0 Å². The molecule has 4 nitrogen and oxygen atoms in total. The van der Waals surface area contributed by atoms with Crippen LogP contribution in [0, 0.1) is 11.3 Å². The van der Waals surface area contributed by atoms with Crippen LogP contribution in [0.1, 0.15) is 11.1 Å². The average Bonchev–Trinajstić information content (AvgIpc) is 2.47. The molecule has 0 aliphatic rings. The van der Waals surface area contributed by atoms with Gasteiger partial charge >= 0.3 is 0 Å². The monoisotopic (exact) mass is 286 g/mol. The van der Waals surface area contributed by atoms with E-state index in [1.807, 2.05) is 24.3 Å². The lowest BCUT2D eigenvalue weighted by molar-refractivity contribution is 0.593. The summed E-state index contributed by atoms with van der Waals surface area (Å²) in [5, 5.41) is 8.74. The molecule has 0 aliphatic heterocycles. The molecule has 102 valence electrons. The molecule has 0 N–H and O–H groups in total. The summed E-state index contributed by atoms with van der Waals surface area (Å²) in [6.07, 6.45) is 0. The van der Waals surface area contributed by atoms with Gasteiger partial charge in [-0.1, -0.05) is 30.3 Å². The van der Waals surface area contributed by atoms with Gasteiger partial charge in [-0.25, -0.2) is 8.42 Å². The van der Waals surface area contributed by atoms with Gasteiger partial charge in [-0.3, -0.25) is 4.31 Å². The van der Waals surface area contributed by atoms with E-state index in [2.05, 4.69) is 0 Å². The summed E-state index contributed by atoms with van der Waals surface area (Å²) < 4.78 is 25.9. The number of hydrogen-bond acceptors (Lipinski definition) is 3. The number of benzene rings is 2. The van der Waals surface area contributed by atoms with Crippen molar-refractivity contribution in [3.8, 4) is 6.07 Å². The molecule has 0 saturated heterocycles. The van der Waals surface area contributed by atoms with Gasteiger partial charge in [-0.05, 0) is 29.8 Å². The lowest BCUT2D eigenvalue weighted by Gasteiger charge is -2.19. The van der Waals surface area contributed by atoms with E-state index in [1.54, 1.807) is 36.4 Å². The Labute approximate surface area is 118 Å². The molecule has 0 fully saturated rings. The van der Waals surface area contributed by atoms with Crippen molar-refractivity contribution in [2.45, 2.75) is 5.75 Å². The first-order chi connectivity index (χ1) is 9.53. The van der Waals surface area contributed by atoms with E-state index in [1.165, 1.54) is 11.4 Å². The van der Waals surface area contributed by atoms with E-state index in [4.69, 9.17) is 5.26 Å². The van der Waals surface area contributed by atoms with Gasteiger partial charge in [-0.2, -0.15) is 5.26 Å². The van der Waals surface area contributed by atoms with Crippen molar-refractivity contribution in [3.05, 3.63) is 65.7 Å². The molecule has 2 rings (SSSR count). The zero-order chi connectivity index (χ0) is 14.6. The molecule has 0 aromatic heterocycles. The Kier molecular flexibility index (Phi) is 4.06. The van der Waals surface area contributed by atoms with Crippen LogP contribution in [-0.2, 0) is 15.8 Å². The minimum atomic E-state index is -3.44. The fourth-order valence-electron chi connectivity index (χ4n) is 1.79. The molecule has 2 aromatic carbocycles. The molecule has 0 heterocycles. The maximum atomic E-state index is 12.3. The molecule has 0 unspecified atom stereocenters. The number of nitriles is 1. The largest absolute Gasteiger partial charge is 0.273 e. The van der Waals surface area contributed by atoms with E-state index < -0.39 is 10.0 Å². The molecule has 0 radical (unpaired) electrons. The molecule has 5 heteroatoms. The van der Waals surface area contributed by atoms with Gasteiger partial charge in [0.25, 0.3) is 0 Å². The molecular formula is C15H14N2O2S. The lowest BCUT2D eigenvalue weighted by Crippen LogP contribution is -2.27. The van der Waals surface area contributed by atoms with Crippen molar-refractivity contribution in [1.82, 2.24) is 0 Å². The Morgan fingerprint density at radius 2 is 1.65 bits per heavy atom. The third-order valence-electron chi connectivity index (χ3n) is 2.97. The zero-order valence-electron chi connectivity index (χ0n) is 11.0. The highest BCUT2D eigenvalue weighted by atomic mass is 32.2. The number of sulfonamides is 1. The fraction of sp³-hybridized carbons (Fsp3) is 0.133. The van der Waals surface area contributed by atoms with Crippen LogP contribution in [0.5, 0.6) is 0 Å². The van der Waals surface area contributed by atoms with Gasteiger partial charge in [0.1, 0.15) is 0 Å². The molecule has 20 heavy (non-hydrogen) atoms. The fourth-order valence-corrected chi connectivity index (χ4v) is 3.04. The molecule has 0 spiro atoms. The van der Waals surface area contributed by atoms with Crippen LogP contribution in [0.3, 0.4) is 0 Å². The number of hydrogen-bond donors (Lipinski definition) is 0. The molecule has 0 bridgehead atoms. The first-order valence-electron chi connectivity index (χ1n) is 6.03. The van der Waals surface area contributed by atoms with E-state index in [0.717, 1.165) is 5.56 Å². The Bertz CT molecular complexity index is 717. The number of nitrogens with zero attached hydrogens (tertiary/aromatic N) is 2. The summed E-state index contributed by atoms with van der Waals surface area (Å²) in [5.41, 5.74) is 1.79. The summed E-state index contributed by atoms with van der Waals surface area (Å²) in [5.74, 6) is -0.0512. The van der Waals surface area contributed by atoms with Crippen LogP contribution < -0.4 is 4.31 Å². The second kappa shape index (κ2) is 5.76. The summed E-state index contributed by atoms with van der Waals surface area (Å²) in [6.45, 7) is 0. The van der Waals surface area contributed by atoms with Gasteiger partial charge in [0.15, 0.2) is 0 Å². The van der Waals surface area contributed by atoms with E-state index in [9.17, 15) is 8.42 Å². The normalized spacial score (nSPS) is 10.8. The Morgan fingerprint density at radius 1 is 1.05 bits per heavy atom. The highest BCUT2D eigenvalue weighted by Gasteiger charge is 2.18. The van der Waals surface area contributed by atoms with Crippen LogP contribution in [0.4, 0.5) is 5.69 Å². The number of rotatable bonds is 4. The van der Waals surface area contributed by atoms with Crippen LogP contribution in [-0.4, -0.2) is 15.5 Å². The van der Waals surface area contributed by atoms with Crippen molar-refractivity contribution < 1.29 is 8.42 Å². The molecule has 0 amide bonds. The van der Waals surface area contributed by atoms with Gasteiger partial charge < -0.3 is 0 Å². The van der Waals surface area contributed by atoms with Crippen LogP contribution in [0.15, 0.2) is 54.6 Å². The quantitative estimate of drug-likeness (QED) is 0.867. The van der Waals surface area contributed by atoms with Gasteiger partial charge in [-0.15, -0.1) is 0 Å². The smallest absolute Gasteiger partial charge is 0.239 e. The van der Waals surface area contributed by atoms with E-state index in [0.29, 0.717) is 11.3 Å². The Hall–Kier alpha value is -2.32. The van der Waals surface area contributed by atoms with Crippen molar-refractivity contribution in [1.29, 1.82) is 5.26 Å². The maximum absolute atomic E-state index is 12.3. The summed E-state index contributed by atoms with van der Waals surface area (Å²) in [6, 6.07) is 17.5. The second-order valence-corrected chi connectivity index (χ2v) is 6.37. The second-order valence-electron chi connectivity index (χ2n) is 4.37. The van der Waals surface area contributed by atoms with Gasteiger partial charge in [0.05, 0.1) is 23.1 Å². The molecule has 2 aromatic rings. The van der Waals surface area contributed by atoms with E-state index in [-0.39, 0.29) is 5.75 Å². The molecule has 0 aliphatic carbocycles. The van der Waals surface area contributed by atoms with Crippen LogP contribution >= 0.6 is 0 Å². The third kappa shape index (κ3) is 3.16. The van der Waals surface area contributed by atoms with Gasteiger partial charge in [0.2, 0.25) is 10.0 Å². The highest BCUT2D eigenvalue weighted by molar-refractivity contribution is 7.92. The molecule has 0 atom stereocenters.